The molecule has 1 aliphatic rings. The number of hydrogen-bond acceptors (Lipinski definition) is 6. The first-order valence-electron chi connectivity index (χ1n) is 13.6. The first-order valence-corrected chi connectivity index (χ1v) is 13.9. The molecule has 0 spiro atoms. The van der Waals surface area contributed by atoms with Crippen LogP contribution in [0.4, 0.5) is 10.2 Å². The quantitative estimate of drug-likeness (QED) is 0.285. The number of nitrogens with zero attached hydrogens (tertiary/aromatic N) is 6. The molecule has 3 aromatic heterocycles. The van der Waals surface area contributed by atoms with Gasteiger partial charge < -0.3 is 9.80 Å². The van der Waals surface area contributed by atoms with Crippen LogP contribution >= 0.6 is 11.6 Å². The monoisotopic (exact) mass is 574 g/mol. The molecule has 2 unspecified atom stereocenters. The lowest BCUT2D eigenvalue weighted by Crippen LogP contribution is -2.58. The fraction of sp³-hybridized carbons (Fsp3) is 0.323. The maximum absolute atomic E-state index is 14.9. The Morgan fingerprint density at radius 2 is 1.83 bits per heavy atom. The number of piperazine rings is 1. The van der Waals surface area contributed by atoms with E-state index in [0.29, 0.717) is 41.3 Å². The molecule has 4 heterocycles. The topological polar surface area (TPSA) is 84.2 Å². The Kier molecular flexibility index (Phi) is 7.66. The van der Waals surface area contributed by atoms with Gasteiger partial charge in [-0.25, -0.2) is 18.7 Å². The Bertz CT molecular complexity index is 1720. The number of amides is 1. The highest BCUT2D eigenvalue weighted by Crippen LogP contribution is 2.36. The smallest absolute Gasteiger partial charge is 0.352 e. The lowest BCUT2D eigenvalue weighted by Gasteiger charge is -2.44. The number of pyridine rings is 2. The molecule has 0 N–H and O–H groups in total. The molecule has 212 valence electrons. The second-order valence-corrected chi connectivity index (χ2v) is 11.2. The van der Waals surface area contributed by atoms with Crippen LogP contribution < -0.4 is 10.6 Å². The van der Waals surface area contributed by atoms with Gasteiger partial charge in [0, 0.05) is 36.9 Å². The van der Waals surface area contributed by atoms with Crippen molar-refractivity contribution in [1.82, 2.24) is 24.4 Å². The number of carbonyl (C=O) groups is 1. The fourth-order valence-electron chi connectivity index (χ4n) is 5.71. The predicted octanol–water partition coefficient (Wildman–Crippen LogP) is 5.68. The standard InChI is InChI=1S/C31H32ClFN6O2/c1-7-25(40)38-19(5)15-37(16-20(38)6)29-22-14-23(32)27(21-10-8-9-11-24(21)33)35-30(22)39(31(41)36-29)28-18(4)12-13-34-26(28)17(2)3/h7-14,17,19-20H,1,15-16H2,2-6H3. The molecule has 0 aliphatic carbocycles. The number of halogens is 2. The van der Waals surface area contributed by atoms with Crippen LogP contribution in [-0.4, -0.2) is 55.5 Å². The van der Waals surface area contributed by atoms with Crippen LogP contribution in [0.5, 0.6) is 0 Å². The molecule has 2 atom stereocenters. The highest BCUT2D eigenvalue weighted by Gasteiger charge is 2.34. The number of rotatable bonds is 5. The number of aryl methyl sites for hydroxylation is 1. The Balaban J connectivity index is 1.81. The molecule has 0 radical (unpaired) electrons. The van der Waals surface area contributed by atoms with E-state index in [9.17, 15) is 14.0 Å². The maximum atomic E-state index is 14.9. The molecular weight excluding hydrogens is 543 g/mol. The molecule has 0 bridgehead atoms. The molecule has 0 saturated carbocycles. The Hall–Kier alpha value is -4.11. The van der Waals surface area contributed by atoms with Crippen molar-refractivity contribution in [3.63, 3.8) is 0 Å². The summed E-state index contributed by atoms with van der Waals surface area (Å²) in [6, 6.07) is 9.45. The van der Waals surface area contributed by atoms with Crippen molar-refractivity contribution in [3.8, 4) is 16.9 Å². The zero-order chi connectivity index (χ0) is 29.6. The third kappa shape index (κ3) is 4.99. The van der Waals surface area contributed by atoms with Crippen molar-refractivity contribution >= 4 is 34.4 Å². The number of carbonyl (C=O) groups excluding carboxylic acids is 1. The zero-order valence-electron chi connectivity index (χ0n) is 23.7. The summed E-state index contributed by atoms with van der Waals surface area (Å²) in [7, 11) is 0. The number of benzene rings is 1. The summed E-state index contributed by atoms with van der Waals surface area (Å²) in [5.41, 5.74) is 2.33. The molecule has 4 aromatic rings. The molecular formula is C31H32ClFN6O2. The van der Waals surface area contributed by atoms with Gasteiger partial charge >= 0.3 is 5.69 Å². The van der Waals surface area contributed by atoms with Gasteiger partial charge in [-0.15, -0.1) is 0 Å². The molecule has 1 fully saturated rings. The van der Waals surface area contributed by atoms with Gasteiger partial charge in [0.2, 0.25) is 5.91 Å². The lowest BCUT2D eigenvalue weighted by atomic mass is 10.0. The highest BCUT2D eigenvalue weighted by molar-refractivity contribution is 6.33. The van der Waals surface area contributed by atoms with E-state index in [-0.39, 0.29) is 40.2 Å². The van der Waals surface area contributed by atoms with E-state index >= 15 is 0 Å². The van der Waals surface area contributed by atoms with Gasteiger partial charge in [0.1, 0.15) is 11.6 Å². The molecule has 1 aliphatic heterocycles. The van der Waals surface area contributed by atoms with Crippen LogP contribution in [-0.2, 0) is 4.79 Å². The minimum absolute atomic E-state index is 0.00189. The normalized spacial score (nSPS) is 17.4. The van der Waals surface area contributed by atoms with Crippen LogP contribution in [0.1, 0.15) is 44.9 Å². The Labute approximate surface area is 243 Å². The van der Waals surface area contributed by atoms with Crippen molar-refractivity contribution < 1.29 is 9.18 Å². The van der Waals surface area contributed by atoms with Crippen LogP contribution in [0.15, 0.2) is 60.0 Å². The molecule has 10 heteroatoms. The van der Waals surface area contributed by atoms with Gasteiger partial charge in [-0.3, -0.25) is 9.78 Å². The average molecular weight is 575 g/mol. The second kappa shape index (κ2) is 11.0. The van der Waals surface area contributed by atoms with Crippen LogP contribution in [0.2, 0.25) is 5.02 Å². The fourth-order valence-corrected chi connectivity index (χ4v) is 5.96. The van der Waals surface area contributed by atoms with Crippen LogP contribution in [0.3, 0.4) is 0 Å². The molecule has 5 rings (SSSR count). The van der Waals surface area contributed by atoms with Crippen molar-refractivity contribution in [2.75, 3.05) is 18.0 Å². The van der Waals surface area contributed by atoms with E-state index in [4.69, 9.17) is 16.6 Å². The van der Waals surface area contributed by atoms with Crippen molar-refractivity contribution in [2.24, 2.45) is 0 Å². The number of aromatic nitrogens is 4. The van der Waals surface area contributed by atoms with E-state index in [1.165, 1.54) is 16.7 Å². The molecule has 1 aromatic carbocycles. The summed E-state index contributed by atoms with van der Waals surface area (Å²) in [5, 5.41) is 0.764. The van der Waals surface area contributed by atoms with Crippen LogP contribution in [0.25, 0.3) is 28.0 Å². The Morgan fingerprint density at radius 1 is 1.15 bits per heavy atom. The minimum atomic E-state index is -0.537. The lowest BCUT2D eigenvalue weighted by molar-refractivity contribution is -0.130. The van der Waals surface area contributed by atoms with E-state index in [2.05, 4.69) is 16.5 Å². The van der Waals surface area contributed by atoms with Gasteiger partial charge in [0.15, 0.2) is 5.65 Å². The van der Waals surface area contributed by atoms with E-state index < -0.39 is 11.5 Å². The van der Waals surface area contributed by atoms with Crippen molar-refractivity contribution in [3.05, 3.63) is 87.8 Å². The van der Waals surface area contributed by atoms with E-state index in [1.807, 2.05) is 45.6 Å². The van der Waals surface area contributed by atoms with Gasteiger partial charge in [-0.1, -0.05) is 44.2 Å². The summed E-state index contributed by atoms with van der Waals surface area (Å²) >= 11 is 6.77. The minimum Gasteiger partial charge on any atom is -0.352 e. The SMILES string of the molecule is C=CC(=O)N1C(C)CN(c2nc(=O)n(-c3c(C)ccnc3C(C)C)c3nc(-c4ccccc4F)c(Cl)cc23)CC1C. The van der Waals surface area contributed by atoms with Crippen molar-refractivity contribution in [1.29, 1.82) is 0 Å². The zero-order valence-corrected chi connectivity index (χ0v) is 24.5. The highest BCUT2D eigenvalue weighted by atomic mass is 35.5. The van der Waals surface area contributed by atoms with Gasteiger partial charge in [0.05, 0.1) is 27.5 Å². The van der Waals surface area contributed by atoms with Crippen LogP contribution in [0, 0.1) is 12.7 Å². The maximum Gasteiger partial charge on any atom is 0.355 e. The van der Waals surface area contributed by atoms with Crippen molar-refractivity contribution in [2.45, 2.75) is 52.6 Å². The summed E-state index contributed by atoms with van der Waals surface area (Å²) < 4.78 is 16.4. The molecule has 8 nitrogen and oxygen atoms in total. The number of fused-ring (bicyclic) bond motifs is 1. The van der Waals surface area contributed by atoms with Gasteiger partial charge in [-0.05, 0) is 62.6 Å². The van der Waals surface area contributed by atoms with E-state index in [1.54, 1.807) is 35.4 Å². The summed E-state index contributed by atoms with van der Waals surface area (Å²) in [4.78, 5) is 44.3. The summed E-state index contributed by atoms with van der Waals surface area (Å²) in [5.74, 6) is -0.212. The largest absolute Gasteiger partial charge is 0.355 e. The first-order chi connectivity index (χ1) is 19.5. The predicted molar refractivity (Wildman–Crippen MR) is 160 cm³/mol. The summed E-state index contributed by atoms with van der Waals surface area (Å²) in [6.07, 6.45) is 3.03. The Morgan fingerprint density at radius 3 is 2.46 bits per heavy atom. The summed E-state index contributed by atoms with van der Waals surface area (Å²) in [6.45, 7) is 14.3. The van der Waals surface area contributed by atoms with E-state index in [0.717, 1.165) is 5.56 Å². The third-order valence-corrected chi connectivity index (χ3v) is 7.79. The van der Waals surface area contributed by atoms with Gasteiger partial charge in [-0.2, -0.15) is 4.98 Å². The first kappa shape index (κ1) is 28.4. The molecule has 41 heavy (non-hydrogen) atoms. The number of hydrogen-bond donors (Lipinski definition) is 0. The molecule has 1 amide bonds. The third-order valence-electron chi connectivity index (χ3n) is 7.50. The number of anilines is 1. The van der Waals surface area contributed by atoms with Gasteiger partial charge in [0.25, 0.3) is 0 Å². The molecule has 1 saturated heterocycles. The second-order valence-electron chi connectivity index (χ2n) is 10.8. The average Bonchev–Trinajstić information content (AvgIpc) is 2.92.